The average molecular weight is 460 g/mol. The number of amides is 2. The zero-order chi connectivity index (χ0) is 24.0. The highest BCUT2D eigenvalue weighted by Gasteiger charge is 2.30. The van der Waals surface area contributed by atoms with Crippen molar-refractivity contribution in [1.82, 2.24) is 10.6 Å². The minimum Gasteiger partial charge on any atom is -0.481 e. The number of halogens is 2. The molecule has 2 atom stereocenters. The first kappa shape index (κ1) is 24.2. The first-order valence-electron chi connectivity index (χ1n) is 10.7. The summed E-state index contributed by atoms with van der Waals surface area (Å²) in [6.07, 6.45) is -4.51. The standard InChI is InChI=1S/C24H26F2N2O5/c1-2-14(23(30)31)12-27-22(29)20(11-21(25)26)28-24(32)33-13-19-17-9-5-3-7-15(17)16-8-4-6-10-18(16)19/h3-10,14,19-21H,2,11-13H2,1H3,(H,27,29)(H,28,32)(H,30,31). The molecule has 2 unspecified atom stereocenters. The molecule has 176 valence electrons. The summed E-state index contributed by atoms with van der Waals surface area (Å²) >= 11 is 0. The van der Waals surface area contributed by atoms with Gasteiger partial charge in [0.25, 0.3) is 0 Å². The number of benzene rings is 2. The van der Waals surface area contributed by atoms with Crippen molar-refractivity contribution in [3.05, 3.63) is 59.7 Å². The van der Waals surface area contributed by atoms with Crippen LogP contribution in [0.4, 0.5) is 13.6 Å². The van der Waals surface area contributed by atoms with Crippen molar-refractivity contribution in [2.24, 2.45) is 5.92 Å². The van der Waals surface area contributed by atoms with Crippen LogP contribution in [0.5, 0.6) is 0 Å². The van der Waals surface area contributed by atoms with E-state index in [0.29, 0.717) is 0 Å². The molecule has 0 saturated carbocycles. The zero-order valence-corrected chi connectivity index (χ0v) is 18.1. The molecule has 0 saturated heterocycles. The maximum atomic E-state index is 13.0. The van der Waals surface area contributed by atoms with Crippen LogP contribution < -0.4 is 10.6 Å². The normalized spacial score (nSPS) is 14.2. The number of carboxylic acid groups (broad SMARTS) is 1. The summed E-state index contributed by atoms with van der Waals surface area (Å²) in [5.74, 6) is -3.06. The number of aliphatic carboxylic acids is 1. The van der Waals surface area contributed by atoms with Crippen LogP contribution in [-0.4, -0.2) is 48.7 Å². The van der Waals surface area contributed by atoms with Crippen LogP contribution in [0.2, 0.25) is 0 Å². The van der Waals surface area contributed by atoms with E-state index in [4.69, 9.17) is 9.84 Å². The Hall–Kier alpha value is -3.49. The average Bonchev–Trinajstić information content (AvgIpc) is 3.11. The molecule has 0 aliphatic heterocycles. The Labute approximate surface area is 190 Å². The summed E-state index contributed by atoms with van der Waals surface area (Å²) in [6.45, 7) is 1.38. The van der Waals surface area contributed by atoms with E-state index in [2.05, 4.69) is 10.6 Å². The second kappa shape index (κ2) is 10.9. The Balaban J connectivity index is 1.63. The molecule has 0 bridgehead atoms. The number of hydrogen-bond acceptors (Lipinski definition) is 4. The van der Waals surface area contributed by atoms with Crippen molar-refractivity contribution in [2.75, 3.05) is 13.2 Å². The van der Waals surface area contributed by atoms with Gasteiger partial charge in [-0.2, -0.15) is 0 Å². The Morgan fingerprint density at radius 3 is 2.12 bits per heavy atom. The first-order valence-corrected chi connectivity index (χ1v) is 10.7. The Bertz CT molecular complexity index is 968. The van der Waals surface area contributed by atoms with Crippen molar-refractivity contribution in [3.8, 4) is 11.1 Å². The number of carboxylic acids is 1. The Morgan fingerprint density at radius 2 is 1.61 bits per heavy atom. The fourth-order valence-electron chi connectivity index (χ4n) is 3.95. The summed E-state index contributed by atoms with van der Waals surface area (Å²) in [4.78, 5) is 35.8. The molecule has 33 heavy (non-hydrogen) atoms. The molecule has 0 aromatic heterocycles. The van der Waals surface area contributed by atoms with E-state index in [1.165, 1.54) is 0 Å². The predicted molar refractivity (Wildman–Crippen MR) is 117 cm³/mol. The summed E-state index contributed by atoms with van der Waals surface area (Å²) < 4.78 is 31.3. The van der Waals surface area contributed by atoms with Gasteiger partial charge >= 0.3 is 12.1 Å². The molecule has 1 aliphatic carbocycles. The molecule has 3 N–H and O–H groups in total. The minimum absolute atomic E-state index is 0.0280. The number of alkyl halides is 2. The second-order valence-corrected chi connectivity index (χ2v) is 7.84. The molecular weight excluding hydrogens is 434 g/mol. The molecule has 9 heteroatoms. The minimum atomic E-state index is -2.85. The van der Waals surface area contributed by atoms with Gasteiger partial charge in [0.2, 0.25) is 12.3 Å². The van der Waals surface area contributed by atoms with Gasteiger partial charge in [0, 0.05) is 18.9 Å². The summed E-state index contributed by atoms with van der Waals surface area (Å²) in [6, 6.07) is 13.9. The Morgan fingerprint density at radius 1 is 1.03 bits per heavy atom. The highest BCUT2D eigenvalue weighted by atomic mass is 19.3. The molecule has 0 heterocycles. The third-order valence-electron chi connectivity index (χ3n) is 5.73. The lowest BCUT2D eigenvalue weighted by Gasteiger charge is -2.20. The fraction of sp³-hybridized carbons (Fsp3) is 0.375. The van der Waals surface area contributed by atoms with E-state index in [1.807, 2.05) is 48.5 Å². The molecule has 0 radical (unpaired) electrons. The number of carbonyl (C=O) groups is 3. The fourth-order valence-corrected chi connectivity index (χ4v) is 3.95. The molecule has 2 amide bonds. The lowest BCUT2D eigenvalue weighted by molar-refractivity contribution is -0.141. The van der Waals surface area contributed by atoms with Gasteiger partial charge < -0.3 is 20.5 Å². The van der Waals surface area contributed by atoms with Gasteiger partial charge in [-0.25, -0.2) is 13.6 Å². The quantitative estimate of drug-likeness (QED) is 0.501. The smallest absolute Gasteiger partial charge is 0.407 e. The predicted octanol–water partition coefficient (Wildman–Crippen LogP) is 3.78. The van der Waals surface area contributed by atoms with E-state index in [9.17, 15) is 23.2 Å². The lowest BCUT2D eigenvalue weighted by Crippen LogP contribution is -2.49. The largest absolute Gasteiger partial charge is 0.481 e. The molecule has 2 aromatic carbocycles. The maximum Gasteiger partial charge on any atom is 0.407 e. The van der Waals surface area contributed by atoms with Crippen LogP contribution >= 0.6 is 0 Å². The molecule has 3 rings (SSSR count). The second-order valence-electron chi connectivity index (χ2n) is 7.84. The zero-order valence-electron chi connectivity index (χ0n) is 18.1. The van der Waals surface area contributed by atoms with Crippen molar-refractivity contribution < 1.29 is 33.0 Å². The Kier molecular flexibility index (Phi) is 7.97. The molecule has 7 nitrogen and oxygen atoms in total. The van der Waals surface area contributed by atoms with Crippen molar-refractivity contribution in [1.29, 1.82) is 0 Å². The van der Waals surface area contributed by atoms with Crippen molar-refractivity contribution in [2.45, 2.75) is 38.2 Å². The van der Waals surface area contributed by atoms with E-state index >= 15 is 0 Å². The van der Waals surface area contributed by atoms with E-state index < -0.39 is 42.8 Å². The highest BCUT2D eigenvalue weighted by molar-refractivity contribution is 5.86. The topological polar surface area (TPSA) is 105 Å². The molecule has 1 aliphatic rings. The third kappa shape index (κ3) is 5.85. The van der Waals surface area contributed by atoms with Gasteiger partial charge in [-0.15, -0.1) is 0 Å². The van der Waals surface area contributed by atoms with E-state index in [1.54, 1.807) is 6.92 Å². The summed E-state index contributed by atoms with van der Waals surface area (Å²) in [7, 11) is 0. The number of alkyl carbamates (subject to hydrolysis) is 1. The summed E-state index contributed by atoms with van der Waals surface area (Å²) in [5, 5.41) is 13.6. The lowest BCUT2D eigenvalue weighted by atomic mass is 9.98. The molecule has 0 spiro atoms. The van der Waals surface area contributed by atoms with Crippen molar-refractivity contribution >= 4 is 18.0 Å². The van der Waals surface area contributed by atoms with Crippen LogP contribution in [0.1, 0.15) is 36.8 Å². The van der Waals surface area contributed by atoms with Gasteiger partial charge in [0.15, 0.2) is 0 Å². The monoisotopic (exact) mass is 460 g/mol. The van der Waals surface area contributed by atoms with Crippen LogP contribution in [0.25, 0.3) is 11.1 Å². The van der Waals surface area contributed by atoms with Gasteiger partial charge in [-0.3, -0.25) is 9.59 Å². The SMILES string of the molecule is CCC(CNC(=O)C(CC(F)F)NC(=O)OCC1c2ccccc2-c2ccccc21)C(=O)O. The number of carbonyl (C=O) groups excluding carboxylic acids is 2. The van der Waals surface area contributed by atoms with Crippen LogP contribution in [0, 0.1) is 5.92 Å². The molecule has 2 aromatic rings. The van der Waals surface area contributed by atoms with Crippen molar-refractivity contribution in [3.63, 3.8) is 0 Å². The van der Waals surface area contributed by atoms with Crippen LogP contribution in [0.15, 0.2) is 48.5 Å². The van der Waals surface area contributed by atoms with Gasteiger partial charge in [-0.1, -0.05) is 55.5 Å². The van der Waals surface area contributed by atoms with Crippen LogP contribution in [-0.2, 0) is 14.3 Å². The van der Waals surface area contributed by atoms with Gasteiger partial charge in [0.1, 0.15) is 12.6 Å². The third-order valence-corrected chi connectivity index (χ3v) is 5.73. The van der Waals surface area contributed by atoms with Crippen LogP contribution in [0.3, 0.4) is 0 Å². The number of hydrogen-bond donors (Lipinski definition) is 3. The highest BCUT2D eigenvalue weighted by Crippen LogP contribution is 2.44. The summed E-state index contributed by atoms with van der Waals surface area (Å²) in [5.41, 5.74) is 4.07. The number of rotatable bonds is 10. The van der Waals surface area contributed by atoms with Gasteiger partial charge in [-0.05, 0) is 28.7 Å². The number of fused-ring (bicyclic) bond motifs is 3. The number of nitrogens with one attached hydrogen (secondary N) is 2. The molecule has 0 fully saturated rings. The molecular formula is C24H26F2N2O5. The maximum absolute atomic E-state index is 13.0. The van der Waals surface area contributed by atoms with Gasteiger partial charge in [0.05, 0.1) is 5.92 Å². The van der Waals surface area contributed by atoms with E-state index in [0.717, 1.165) is 22.3 Å². The van der Waals surface area contributed by atoms with E-state index in [-0.39, 0.29) is 25.5 Å². The number of ether oxygens (including phenoxy) is 1. The first-order chi connectivity index (χ1) is 15.8.